The van der Waals surface area contributed by atoms with Crippen molar-refractivity contribution in [1.29, 1.82) is 0 Å². The zero-order valence-electron chi connectivity index (χ0n) is 15.1. The Labute approximate surface area is 151 Å². The predicted molar refractivity (Wildman–Crippen MR) is 94.3 cm³/mol. The number of urea groups is 1. The number of rotatable bonds is 4. The summed E-state index contributed by atoms with van der Waals surface area (Å²) in [7, 11) is 3.31. The van der Waals surface area contributed by atoms with E-state index in [1.54, 1.807) is 19.0 Å². The molecule has 1 fully saturated rings. The molecule has 9 nitrogen and oxygen atoms in total. The van der Waals surface area contributed by atoms with Gasteiger partial charge >= 0.3 is 6.03 Å². The van der Waals surface area contributed by atoms with Crippen LogP contribution in [0.3, 0.4) is 0 Å². The van der Waals surface area contributed by atoms with Crippen molar-refractivity contribution in [2.75, 3.05) is 27.2 Å². The maximum atomic E-state index is 12.5. The van der Waals surface area contributed by atoms with Gasteiger partial charge in [0.25, 0.3) is 0 Å². The molecule has 0 aliphatic carbocycles. The van der Waals surface area contributed by atoms with E-state index in [0.717, 1.165) is 0 Å². The molecule has 1 atom stereocenters. The largest absolute Gasteiger partial charge is 0.387 e. The Hall–Kier alpha value is -2.68. The highest BCUT2D eigenvalue weighted by atomic mass is 16.3. The number of pyridine rings is 1. The molecule has 2 aromatic heterocycles. The molecular formula is C17H24N6O3. The van der Waals surface area contributed by atoms with E-state index in [-0.39, 0.29) is 31.4 Å². The van der Waals surface area contributed by atoms with E-state index in [0.29, 0.717) is 30.9 Å². The molecule has 1 saturated heterocycles. The monoisotopic (exact) mass is 360 g/mol. The van der Waals surface area contributed by atoms with E-state index in [1.807, 2.05) is 28.8 Å². The fourth-order valence-electron chi connectivity index (χ4n) is 3.15. The lowest BCUT2D eigenvalue weighted by molar-refractivity contribution is -0.135. The molecule has 0 radical (unpaired) electrons. The lowest BCUT2D eigenvalue weighted by Gasteiger charge is -2.39. The summed E-state index contributed by atoms with van der Waals surface area (Å²) in [4.78, 5) is 27.4. The van der Waals surface area contributed by atoms with Crippen molar-refractivity contribution in [1.82, 2.24) is 29.7 Å². The third-order valence-corrected chi connectivity index (χ3v) is 4.60. The van der Waals surface area contributed by atoms with E-state index in [2.05, 4.69) is 15.5 Å². The molecule has 1 unspecified atom stereocenters. The summed E-state index contributed by atoms with van der Waals surface area (Å²) < 4.78 is 1.81. The summed E-state index contributed by atoms with van der Waals surface area (Å²) in [6, 6.07) is 5.29. The van der Waals surface area contributed by atoms with Gasteiger partial charge in [-0.25, -0.2) is 4.79 Å². The molecule has 0 bridgehead atoms. The number of nitrogens with one attached hydrogen (secondary N) is 1. The molecule has 26 heavy (non-hydrogen) atoms. The second kappa shape index (κ2) is 7.28. The van der Waals surface area contributed by atoms with Crippen LogP contribution in [0, 0.1) is 0 Å². The van der Waals surface area contributed by atoms with Crippen LogP contribution in [0.2, 0.25) is 0 Å². The van der Waals surface area contributed by atoms with E-state index in [9.17, 15) is 14.7 Å². The van der Waals surface area contributed by atoms with E-state index in [4.69, 9.17) is 0 Å². The van der Waals surface area contributed by atoms with E-state index >= 15 is 0 Å². The van der Waals surface area contributed by atoms with Gasteiger partial charge in [-0.15, -0.1) is 10.2 Å². The fraction of sp³-hybridized carbons (Fsp3) is 0.529. The number of aliphatic hydroxyl groups is 1. The molecule has 3 rings (SSSR count). The SMILES string of the molecule is CN(C)C(=O)CC1(O)CCCN(C(=O)NCc2nnc3ccccn23)C1. The van der Waals surface area contributed by atoms with Crippen molar-refractivity contribution in [3.05, 3.63) is 30.2 Å². The molecule has 140 valence electrons. The van der Waals surface area contributed by atoms with Gasteiger partial charge in [0.1, 0.15) is 0 Å². The number of carbonyl (C=O) groups is 2. The van der Waals surface area contributed by atoms with Gasteiger partial charge in [0.15, 0.2) is 11.5 Å². The minimum Gasteiger partial charge on any atom is -0.387 e. The topological polar surface area (TPSA) is 103 Å². The maximum absolute atomic E-state index is 12.5. The lowest BCUT2D eigenvalue weighted by Crippen LogP contribution is -2.54. The molecule has 1 aliphatic rings. The van der Waals surface area contributed by atoms with Crippen LogP contribution in [0.25, 0.3) is 5.65 Å². The number of nitrogens with zero attached hydrogens (tertiary/aromatic N) is 5. The smallest absolute Gasteiger partial charge is 0.317 e. The maximum Gasteiger partial charge on any atom is 0.317 e. The van der Waals surface area contributed by atoms with Crippen LogP contribution in [0.5, 0.6) is 0 Å². The van der Waals surface area contributed by atoms with Crippen LogP contribution in [0.4, 0.5) is 4.79 Å². The Morgan fingerprint density at radius 1 is 1.35 bits per heavy atom. The second-order valence-electron chi connectivity index (χ2n) is 6.92. The third-order valence-electron chi connectivity index (χ3n) is 4.60. The summed E-state index contributed by atoms with van der Waals surface area (Å²) in [6.07, 6.45) is 3.01. The van der Waals surface area contributed by atoms with Gasteiger partial charge in [-0.3, -0.25) is 9.20 Å². The molecule has 1 aliphatic heterocycles. The first-order chi connectivity index (χ1) is 12.4. The molecular weight excluding hydrogens is 336 g/mol. The van der Waals surface area contributed by atoms with Crippen LogP contribution in [-0.2, 0) is 11.3 Å². The van der Waals surface area contributed by atoms with Crippen molar-refractivity contribution in [3.8, 4) is 0 Å². The highest BCUT2D eigenvalue weighted by Gasteiger charge is 2.37. The van der Waals surface area contributed by atoms with Crippen molar-refractivity contribution in [3.63, 3.8) is 0 Å². The quantitative estimate of drug-likeness (QED) is 0.813. The Balaban J connectivity index is 1.60. The number of piperidine rings is 1. The Kier molecular flexibility index (Phi) is 5.08. The van der Waals surface area contributed by atoms with Crippen molar-refractivity contribution >= 4 is 17.6 Å². The average molecular weight is 360 g/mol. The Morgan fingerprint density at radius 3 is 2.92 bits per heavy atom. The average Bonchev–Trinajstić information content (AvgIpc) is 3.02. The summed E-state index contributed by atoms with van der Waals surface area (Å²) in [5.74, 6) is 0.480. The summed E-state index contributed by atoms with van der Waals surface area (Å²) in [5, 5.41) is 21.7. The first-order valence-electron chi connectivity index (χ1n) is 8.62. The molecule has 0 spiro atoms. The normalized spacial score (nSPS) is 20.2. The first kappa shape index (κ1) is 18.1. The zero-order chi connectivity index (χ0) is 18.7. The predicted octanol–water partition coefficient (Wildman–Crippen LogP) is 0.244. The van der Waals surface area contributed by atoms with Gasteiger partial charge in [0.05, 0.1) is 25.1 Å². The molecule has 9 heteroatoms. The third kappa shape index (κ3) is 3.93. The Morgan fingerprint density at radius 2 is 2.15 bits per heavy atom. The van der Waals surface area contributed by atoms with Crippen molar-refractivity contribution < 1.29 is 14.7 Å². The van der Waals surface area contributed by atoms with Gasteiger partial charge in [-0.2, -0.15) is 0 Å². The second-order valence-corrected chi connectivity index (χ2v) is 6.92. The molecule has 3 amide bonds. The first-order valence-corrected chi connectivity index (χ1v) is 8.62. The van der Waals surface area contributed by atoms with Gasteiger partial charge in [0, 0.05) is 26.8 Å². The molecule has 2 N–H and O–H groups in total. The van der Waals surface area contributed by atoms with Crippen LogP contribution in [-0.4, -0.2) is 74.2 Å². The highest BCUT2D eigenvalue weighted by molar-refractivity contribution is 5.77. The number of hydrogen-bond acceptors (Lipinski definition) is 5. The van der Waals surface area contributed by atoms with Crippen molar-refractivity contribution in [2.24, 2.45) is 0 Å². The summed E-state index contributed by atoms with van der Waals surface area (Å²) in [6.45, 7) is 0.916. The number of fused-ring (bicyclic) bond motifs is 1. The van der Waals surface area contributed by atoms with Crippen LogP contribution in [0.1, 0.15) is 25.1 Å². The standard InChI is InChI=1S/C17H24N6O3/c1-21(2)15(24)10-17(26)7-5-8-22(12-17)16(25)18-11-14-20-19-13-6-3-4-9-23(13)14/h3-4,6,9,26H,5,7-8,10-12H2,1-2H3,(H,18,25). The number of β-amino-alcohol motifs (C(OH)–C–C–N with tert-alkyl or cyclic N) is 1. The summed E-state index contributed by atoms with van der Waals surface area (Å²) >= 11 is 0. The van der Waals surface area contributed by atoms with Gasteiger partial charge in [-0.1, -0.05) is 6.07 Å². The summed E-state index contributed by atoms with van der Waals surface area (Å²) in [5.41, 5.74) is -0.468. The molecule has 0 aromatic carbocycles. The van der Waals surface area contributed by atoms with Gasteiger partial charge < -0.3 is 20.2 Å². The zero-order valence-corrected chi connectivity index (χ0v) is 15.1. The molecule has 3 heterocycles. The Bertz CT molecular complexity index is 805. The number of amides is 3. The van der Waals surface area contributed by atoms with E-state index in [1.165, 1.54) is 4.90 Å². The number of hydrogen-bond donors (Lipinski definition) is 2. The number of likely N-dealkylation sites (tertiary alicyclic amines) is 1. The van der Waals surface area contributed by atoms with Gasteiger partial charge in [0.2, 0.25) is 5.91 Å². The van der Waals surface area contributed by atoms with Crippen LogP contribution in [0.15, 0.2) is 24.4 Å². The molecule has 0 saturated carbocycles. The lowest BCUT2D eigenvalue weighted by atomic mass is 9.89. The van der Waals surface area contributed by atoms with Crippen LogP contribution < -0.4 is 5.32 Å². The van der Waals surface area contributed by atoms with E-state index < -0.39 is 5.60 Å². The minimum absolute atomic E-state index is 0.0125. The number of aromatic nitrogens is 3. The van der Waals surface area contributed by atoms with Gasteiger partial charge in [-0.05, 0) is 25.0 Å². The fourth-order valence-corrected chi connectivity index (χ4v) is 3.15. The molecule has 2 aromatic rings. The minimum atomic E-state index is -1.18. The van der Waals surface area contributed by atoms with Crippen LogP contribution >= 0.6 is 0 Å². The van der Waals surface area contributed by atoms with Crippen molar-refractivity contribution in [2.45, 2.75) is 31.4 Å². The number of carbonyl (C=O) groups excluding carboxylic acids is 2. The highest BCUT2D eigenvalue weighted by Crippen LogP contribution is 2.25.